The van der Waals surface area contributed by atoms with E-state index in [0.717, 1.165) is 28.6 Å². The fraction of sp³-hybridized carbons (Fsp3) is 0.235. The molecule has 3 nitrogen and oxygen atoms in total. The molecule has 1 atom stereocenters. The summed E-state index contributed by atoms with van der Waals surface area (Å²) in [4.78, 5) is 4.43. The smallest absolute Gasteiger partial charge is 0.201 e. The van der Waals surface area contributed by atoms with Gasteiger partial charge < -0.3 is 10.3 Å². The summed E-state index contributed by atoms with van der Waals surface area (Å²) < 4.78 is 15.1. The molecule has 1 unspecified atom stereocenters. The molecular weight excluding hydrogens is 265 g/mol. The minimum absolute atomic E-state index is 0.154. The molecule has 108 valence electrons. The van der Waals surface area contributed by atoms with Crippen molar-refractivity contribution in [2.45, 2.75) is 26.3 Å². The van der Waals surface area contributed by atoms with Crippen LogP contribution >= 0.6 is 0 Å². The van der Waals surface area contributed by atoms with Crippen LogP contribution in [0.1, 0.15) is 24.1 Å². The Bertz CT molecular complexity index is 775. The van der Waals surface area contributed by atoms with Crippen LogP contribution in [0.25, 0.3) is 11.0 Å². The third-order valence-corrected chi connectivity index (χ3v) is 3.82. The number of anilines is 1. The quantitative estimate of drug-likeness (QED) is 0.793. The van der Waals surface area contributed by atoms with Gasteiger partial charge in [0, 0.05) is 6.04 Å². The highest BCUT2D eigenvalue weighted by atomic mass is 19.1. The van der Waals surface area contributed by atoms with Gasteiger partial charge >= 0.3 is 0 Å². The van der Waals surface area contributed by atoms with E-state index in [4.69, 9.17) is 5.73 Å². The minimum atomic E-state index is -0.213. The van der Waals surface area contributed by atoms with Crippen molar-refractivity contribution in [3.8, 4) is 0 Å². The number of imidazole rings is 1. The predicted octanol–water partition coefficient (Wildman–Crippen LogP) is 3.87. The lowest BCUT2D eigenvalue weighted by molar-refractivity contribution is 0.564. The van der Waals surface area contributed by atoms with Gasteiger partial charge in [0.15, 0.2) is 0 Å². The van der Waals surface area contributed by atoms with Gasteiger partial charge in [0.05, 0.1) is 11.0 Å². The summed E-state index contributed by atoms with van der Waals surface area (Å²) in [6.07, 6.45) is 0.782. The minimum Gasteiger partial charge on any atom is -0.369 e. The van der Waals surface area contributed by atoms with Gasteiger partial charge in [0.2, 0.25) is 5.95 Å². The number of hydrogen-bond donors (Lipinski definition) is 1. The Morgan fingerprint density at radius 1 is 1.19 bits per heavy atom. The van der Waals surface area contributed by atoms with Crippen LogP contribution in [0.15, 0.2) is 42.5 Å². The lowest BCUT2D eigenvalue weighted by atomic mass is 10.1. The van der Waals surface area contributed by atoms with Crippen molar-refractivity contribution in [3.63, 3.8) is 0 Å². The van der Waals surface area contributed by atoms with Gasteiger partial charge in [-0.15, -0.1) is 0 Å². The van der Waals surface area contributed by atoms with Crippen molar-refractivity contribution in [3.05, 3.63) is 59.4 Å². The largest absolute Gasteiger partial charge is 0.369 e. The molecule has 2 aromatic carbocycles. The standard InChI is InChI=1S/C17H18FN3/c1-11-4-3-5-15-16(11)21(17(19)20-15)12(2)10-13-6-8-14(18)9-7-13/h3-9,12H,10H2,1-2H3,(H2,19,20). The van der Waals surface area contributed by atoms with Crippen molar-refractivity contribution < 1.29 is 4.39 Å². The zero-order valence-electron chi connectivity index (χ0n) is 12.2. The van der Waals surface area contributed by atoms with E-state index in [1.807, 2.05) is 24.3 Å². The maximum atomic E-state index is 13.0. The first-order chi connectivity index (χ1) is 10.1. The lowest BCUT2D eigenvalue weighted by Crippen LogP contribution is -2.12. The van der Waals surface area contributed by atoms with E-state index >= 15 is 0 Å². The van der Waals surface area contributed by atoms with Gasteiger partial charge in [-0.25, -0.2) is 9.37 Å². The molecule has 3 aromatic rings. The molecule has 0 spiro atoms. The average Bonchev–Trinajstić information content (AvgIpc) is 2.79. The number of nitrogen functional groups attached to an aromatic ring is 1. The van der Waals surface area contributed by atoms with E-state index in [-0.39, 0.29) is 11.9 Å². The van der Waals surface area contributed by atoms with Gasteiger partial charge in [-0.05, 0) is 49.6 Å². The fourth-order valence-electron chi connectivity index (χ4n) is 2.84. The summed E-state index contributed by atoms with van der Waals surface area (Å²) in [6, 6.07) is 12.8. The monoisotopic (exact) mass is 283 g/mol. The molecule has 0 aliphatic carbocycles. The maximum absolute atomic E-state index is 13.0. The number of aryl methyl sites for hydroxylation is 1. The number of halogens is 1. The van der Waals surface area contributed by atoms with Crippen LogP contribution in [0.5, 0.6) is 0 Å². The number of benzene rings is 2. The molecule has 0 aliphatic rings. The molecule has 1 heterocycles. The number of nitrogens with zero attached hydrogens (tertiary/aromatic N) is 2. The number of hydrogen-bond acceptors (Lipinski definition) is 2. The van der Waals surface area contributed by atoms with E-state index in [0.29, 0.717) is 5.95 Å². The Morgan fingerprint density at radius 2 is 1.90 bits per heavy atom. The fourth-order valence-corrected chi connectivity index (χ4v) is 2.84. The third kappa shape index (κ3) is 2.49. The van der Waals surface area contributed by atoms with Crippen molar-refractivity contribution >= 4 is 17.0 Å². The number of para-hydroxylation sites is 1. The van der Waals surface area contributed by atoms with Crippen LogP contribution in [-0.2, 0) is 6.42 Å². The van der Waals surface area contributed by atoms with Gasteiger partial charge in [-0.2, -0.15) is 0 Å². The van der Waals surface area contributed by atoms with Crippen LogP contribution in [0, 0.1) is 12.7 Å². The molecule has 0 radical (unpaired) electrons. The second-order valence-corrected chi connectivity index (χ2v) is 5.46. The average molecular weight is 283 g/mol. The molecule has 0 fully saturated rings. The first kappa shape index (κ1) is 13.6. The van der Waals surface area contributed by atoms with Gasteiger partial charge in [-0.1, -0.05) is 24.3 Å². The van der Waals surface area contributed by atoms with E-state index in [1.165, 1.54) is 12.1 Å². The van der Waals surface area contributed by atoms with Crippen molar-refractivity contribution in [1.82, 2.24) is 9.55 Å². The predicted molar refractivity (Wildman–Crippen MR) is 83.7 cm³/mol. The Morgan fingerprint density at radius 3 is 2.62 bits per heavy atom. The second kappa shape index (κ2) is 5.20. The van der Waals surface area contributed by atoms with E-state index < -0.39 is 0 Å². The molecule has 1 aromatic heterocycles. The first-order valence-electron chi connectivity index (χ1n) is 7.03. The molecule has 2 N–H and O–H groups in total. The highest BCUT2D eigenvalue weighted by Gasteiger charge is 2.15. The normalized spacial score (nSPS) is 12.7. The highest BCUT2D eigenvalue weighted by molar-refractivity contribution is 5.81. The van der Waals surface area contributed by atoms with Crippen molar-refractivity contribution in [2.75, 3.05) is 5.73 Å². The first-order valence-corrected chi connectivity index (χ1v) is 7.03. The van der Waals surface area contributed by atoms with Crippen LogP contribution in [0.4, 0.5) is 10.3 Å². The van der Waals surface area contributed by atoms with Gasteiger partial charge in [-0.3, -0.25) is 0 Å². The molecule has 0 bridgehead atoms. The Balaban J connectivity index is 1.99. The molecule has 21 heavy (non-hydrogen) atoms. The summed E-state index contributed by atoms with van der Waals surface area (Å²) in [7, 11) is 0. The molecule has 4 heteroatoms. The topological polar surface area (TPSA) is 43.8 Å². The van der Waals surface area contributed by atoms with Crippen LogP contribution in [0.3, 0.4) is 0 Å². The van der Waals surface area contributed by atoms with Crippen molar-refractivity contribution in [1.29, 1.82) is 0 Å². The maximum Gasteiger partial charge on any atom is 0.201 e. The van der Waals surface area contributed by atoms with Crippen LogP contribution < -0.4 is 5.73 Å². The van der Waals surface area contributed by atoms with E-state index in [9.17, 15) is 4.39 Å². The lowest BCUT2D eigenvalue weighted by Gasteiger charge is -2.17. The Kier molecular flexibility index (Phi) is 3.37. The summed E-state index contributed by atoms with van der Waals surface area (Å²) in [5, 5.41) is 0. The van der Waals surface area contributed by atoms with Crippen LogP contribution in [-0.4, -0.2) is 9.55 Å². The number of aromatic nitrogens is 2. The number of fused-ring (bicyclic) bond motifs is 1. The molecule has 0 aliphatic heterocycles. The van der Waals surface area contributed by atoms with E-state index in [1.54, 1.807) is 0 Å². The third-order valence-electron chi connectivity index (χ3n) is 3.82. The zero-order valence-corrected chi connectivity index (χ0v) is 12.2. The molecule has 3 rings (SSSR count). The summed E-state index contributed by atoms with van der Waals surface area (Å²) >= 11 is 0. The molecular formula is C17H18FN3. The van der Waals surface area contributed by atoms with Gasteiger partial charge in [0.1, 0.15) is 5.82 Å². The SMILES string of the molecule is Cc1cccc2nc(N)n(C(C)Cc3ccc(F)cc3)c12. The summed E-state index contributed by atoms with van der Waals surface area (Å²) in [5.74, 6) is 0.309. The molecule has 0 amide bonds. The Hall–Kier alpha value is -2.36. The molecule has 0 saturated heterocycles. The summed E-state index contributed by atoms with van der Waals surface area (Å²) in [5.41, 5.74) is 10.3. The van der Waals surface area contributed by atoms with E-state index in [2.05, 4.69) is 29.5 Å². The van der Waals surface area contributed by atoms with Gasteiger partial charge in [0.25, 0.3) is 0 Å². The molecule has 0 saturated carbocycles. The Labute approximate surface area is 123 Å². The number of nitrogens with two attached hydrogens (primary N) is 1. The van der Waals surface area contributed by atoms with Crippen molar-refractivity contribution in [2.24, 2.45) is 0 Å². The summed E-state index contributed by atoms with van der Waals surface area (Å²) in [6.45, 7) is 4.16. The second-order valence-electron chi connectivity index (χ2n) is 5.46. The highest BCUT2D eigenvalue weighted by Crippen LogP contribution is 2.27. The van der Waals surface area contributed by atoms with Crippen LogP contribution in [0.2, 0.25) is 0 Å². The number of rotatable bonds is 3. The zero-order chi connectivity index (χ0) is 15.0.